The minimum absolute atomic E-state index is 0.308. The van der Waals surface area contributed by atoms with Crippen molar-refractivity contribution in [2.24, 2.45) is 0 Å². The van der Waals surface area contributed by atoms with Gasteiger partial charge in [-0.25, -0.2) is 0 Å². The Hall–Kier alpha value is -0.650. The number of aliphatic hydroxyl groups is 3. The van der Waals surface area contributed by atoms with E-state index in [1.165, 1.54) is 193 Å². The van der Waals surface area contributed by atoms with Crippen molar-refractivity contribution in [2.75, 3.05) is 6.61 Å². The Morgan fingerprint density at radius 2 is 0.653 bits per heavy atom. The first kappa shape index (κ1) is 48.3. The van der Waals surface area contributed by atoms with Crippen molar-refractivity contribution in [3.05, 3.63) is 0 Å². The SMILES string of the molecule is CCCCCCCCCCCCCCCCCCCCCCCCC(O)C(CO)NC(=O)C(O)CCCCCCCCCCCCCCC. The number of aliphatic hydroxyl groups excluding tert-OH is 3. The van der Waals surface area contributed by atoms with Crippen molar-refractivity contribution >= 4 is 5.91 Å². The van der Waals surface area contributed by atoms with Crippen LogP contribution in [-0.4, -0.2) is 46.1 Å². The van der Waals surface area contributed by atoms with E-state index in [2.05, 4.69) is 19.2 Å². The molecule has 0 aromatic rings. The summed E-state index contributed by atoms with van der Waals surface area (Å²) in [7, 11) is 0. The first-order valence-electron chi connectivity index (χ1n) is 22.3. The number of unbranched alkanes of at least 4 members (excludes halogenated alkanes) is 33. The second kappa shape index (κ2) is 40.1. The standard InChI is InChI=1S/C44H89NO4/c1-3-5-7-9-11-13-15-17-18-19-20-21-22-23-24-25-27-28-30-32-34-36-38-42(47)41(40-46)45-44(49)43(48)39-37-35-33-31-29-26-16-14-12-10-8-6-4-2/h41-43,46-48H,3-40H2,1-2H3,(H,45,49). The molecule has 0 heterocycles. The van der Waals surface area contributed by atoms with Gasteiger partial charge in [-0.15, -0.1) is 0 Å². The highest BCUT2D eigenvalue weighted by molar-refractivity contribution is 5.80. The van der Waals surface area contributed by atoms with E-state index in [1.54, 1.807) is 0 Å². The summed E-state index contributed by atoms with van der Waals surface area (Å²) in [5.74, 6) is -0.467. The van der Waals surface area contributed by atoms with Crippen LogP contribution in [0, 0.1) is 0 Å². The van der Waals surface area contributed by atoms with E-state index in [0.717, 1.165) is 32.1 Å². The number of carbonyl (C=O) groups excluding carboxylic acids is 1. The van der Waals surface area contributed by atoms with Gasteiger partial charge >= 0.3 is 0 Å². The van der Waals surface area contributed by atoms with Gasteiger partial charge in [0.05, 0.1) is 18.8 Å². The molecule has 5 heteroatoms. The maximum Gasteiger partial charge on any atom is 0.249 e. The van der Waals surface area contributed by atoms with Crippen LogP contribution in [0.15, 0.2) is 0 Å². The second-order valence-electron chi connectivity index (χ2n) is 15.6. The molecule has 0 fully saturated rings. The molecule has 294 valence electrons. The lowest BCUT2D eigenvalue weighted by atomic mass is 10.0. The van der Waals surface area contributed by atoms with Crippen molar-refractivity contribution in [1.82, 2.24) is 5.32 Å². The summed E-state index contributed by atoms with van der Waals surface area (Å²) in [6.07, 6.45) is 45.3. The van der Waals surface area contributed by atoms with Gasteiger partial charge in [0.2, 0.25) is 5.91 Å². The lowest BCUT2D eigenvalue weighted by molar-refractivity contribution is -0.131. The third-order valence-corrected chi connectivity index (χ3v) is 10.7. The van der Waals surface area contributed by atoms with Gasteiger partial charge in [-0.1, -0.05) is 239 Å². The van der Waals surface area contributed by atoms with Gasteiger partial charge in [0.15, 0.2) is 0 Å². The van der Waals surface area contributed by atoms with E-state index in [4.69, 9.17) is 0 Å². The molecule has 4 N–H and O–H groups in total. The largest absolute Gasteiger partial charge is 0.394 e. The van der Waals surface area contributed by atoms with Gasteiger partial charge < -0.3 is 20.6 Å². The summed E-state index contributed by atoms with van der Waals surface area (Å²) < 4.78 is 0. The first-order chi connectivity index (χ1) is 24.1. The fraction of sp³-hybridized carbons (Fsp3) is 0.977. The Bertz CT molecular complexity index is 644. The highest BCUT2D eigenvalue weighted by Gasteiger charge is 2.23. The molecule has 0 bridgehead atoms. The van der Waals surface area contributed by atoms with E-state index < -0.39 is 24.2 Å². The first-order valence-corrected chi connectivity index (χ1v) is 22.3. The topological polar surface area (TPSA) is 89.8 Å². The highest BCUT2D eigenvalue weighted by Crippen LogP contribution is 2.17. The Labute approximate surface area is 307 Å². The molecule has 0 aromatic carbocycles. The average molecular weight is 696 g/mol. The molecule has 0 saturated heterocycles. The molecule has 5 nitrogen and oxygen atoms in total. The maximum absolute atomic E-state index is 12.5. The predicted octanol–water partition coefficient (Wildman–Crippen LogP) is 12.7. The molecule has 1 amide bonds. The van der Waals surface area contributed by atoms with Crippen LogP contribution in [-0.2, 0) is 4.79 Å². The van der Waals surface area contributed by atoms with Crippen molar-refractivity contribution in [3.63, 3.8) is 0 Å². The summed E-state index contributed by atoms with van der Waals surface area (Å²) in [4.78, 5) is 12.5. The molecule has 0 saturated carbocycles. The smallest absolute Gasteiger partial charge is 0.249 e. The Kier molecular flexibility index (Phi) is 39.6. The zero-order valence-corrected chi connectivity index (χ0v) is 33.4. The Balaban J connectivity index is 3.55. The van der Waals surface area contributed by atoms with E-state index in [0.29, 0.717) is 12.8 Å². The molecule has 0 aliphatic heterocycles. The molecular weight excluding hydrogens is 606 g/mol. The van der Waals surface area contributed by atoms with Crippen molar-refractivity contribution in [2.45, 2.75) is 270 Å². The van der Waals surface area contributed by atoms with Crippen molar-refractivity contribution in [1.29, 1.82) is 0 Å². The van der Waals surface area contributed by atoms with Crippen molar-refractivity contribution in [3.8, 4) is 0 Å². The molecule has 0 aliphatic rings. The van der Waals surface area contributed by atoms with Gasteiger partial charge in [0, 0.05) is 0 Å². The summed E-state index contributed by atoms with van der Waals surface area (Å²) in [5, 5.41) is 33.3. The summed E-state index contributed by atoms with van der Waals surface area (Å²) in [6.45, 7) is 4.24. The van der Waals surface area contributed by atoms with Crippen LogP contribution in [0.1, 0.15) is 251 Å². The second-order valence-corrected chi connectivity index (χ2v) is 15.6. The average Bonchev–Trinajstić information content (AvgIpc) is 3.11. The maximum atomic E-state index is 12.5. The van der Waals surface area contributed by atoms with Gasteiger partial charge in [-0.2, -0.15) is 0 Å². The third-order valence-electron chi connectivity index (χ3n) is 10.7. The number of hydrogen-bond acceptors (Lipinski definition) is 4. The third kappa shape index (κ3) is 35.5. The molecule has 3 atom stereocenters. The lowest BCUT2D eigenvalue weighted by Crippen LogP contribution is -2.49. The van der Waals surface area contributed by atoms with Crippen LogP contribution in [0.3, 0.4) is 0 Å². The predicted molar refractivity (Wildman–Crippen MR) is 213 cm³/mol. The monoisotopic (exact) mass is 696 g/mol. The molecular formula is C44H89NO4. The number of rotatable bonds is 41. The minimum Gasteiger partial charge on any atom is -0.394 e. The number of hydrogen-bond donors (Lipinski definition) is 4. The Morgan fingerprint density at radius 1 is 0.408 bits per heavy atom. The van der Waals surface area contributed by atoms with Crippen molar-refractivity contribution < 1.29 is 20.1 Å². The van der Waals surface area contributed by atoms with E-state index in [1.807, 2.05) is 0 Å². The van der Waals surface area contributed by atoms with Gasteiger partial charge in [0.25, 0.3) is 0 Å². The van der Waals surface area contributed by atoms with Crippen LogP contribution >= 0.6 is 0 Å². The number of carbonyl (C=O) groups is 1. The van der Waals surface area contributed by atoms with Gasteiger partial charge in [-0.3, -0.25) is 4.79 Å². The molecule has 0 aliphatic carbocycles. The van der Waals surface area contributed by atoms with Crippen LogP contribution in [0.2, 0.25) is 0 Å². The fourth-order valence-electron chi connectivity index (χ4n) is 7.19. The van der Waals surface area contributed by atoms with E-state index >= 15 is 0 Å². The van der Waals surface area contributed by atoms with Crippen LogP contribution in [0.4, 0.5) is 0 Å². The van der Waals surface area contributed by atoms with Gasteiger partial charge in [0.1, 0.15) is 6.10 Å². The fourth-order valence-corrected chi connectivity index (χ4v) is 7.19. The van der Waals surface area contributed by atoms with E-state index in [9.17, 15) is 20.1 Å². The molecule has 0 rings (SSSR count). The Morgan fingerprint density at radius 3 is 0.918 bits per heavy atom. The number of amides is 1. The van der Waals surface area contributed by atoms with Crippen LogP contribution in [0.25, 0.3) is 0 Å². The molecule has 49 heavy (non-hydrogen) atoms. The normalized spacial score (nSPS) is 13.5. The zero-order chi connectivity index (χ0) is 35.9. The summed E-state index contributed by atoms with van der Waals surface area (Å²) >= 11 is 0. The molecule has 0 radical (unpaired) electrons. The molecule has 0 aromatic heterocycles. The van der Waals surface area contributed by atoms with E-state index in [-0.39, 0.29) is 6.61 Å². The highest BCUT2D eigenvalue weighted by atomic mass is 16.3. The summed E-state index contributed by atoms with van der Waals surface area (Å²) in [5.41, 5.74) is 0. The molecule has 3 unspecified atom stereocenters. The van der Waals surface area contributed by atoms with Crippen LogP contribution < -0.4 is 5.32 Å². The zero-order valence-electron chi connectivity index (χ0n) is 33.4. The molecule has 0 spiro atoms. The van der Waals surface area contributed by atoms with Crippen LogP contribution in [0.5, 0.6) is 0 Å². The quantitative estimate of drug-likeness (QED) is 0.0479. The number of nitrogens with one attached hydrogen (secondary N) is 1. The minimum atomic E-state index is -1.07. The van der Waals surface area contributed by atoms with Gasteiger partial charge in [-0.05, 0) is 12.8 Å². The lowest BCUT2D eigenvalue weighted by Gasteiger charge is -2.23. The summed E-state index contributed by atoms with van der Waals surface area (Å²) in [6, 6.07) is -0.705.